The Morgan fingerprint density at radius 1 is 1.16 bits per heavy atom. The first-order valence-electron chi connectivity index (χ1n) is 6.83. The number of hydrogen-bond donors (Lipinski definition) is 1. The zero-order valence-corrected chi connectivity index (χ0v) is 11.9. The van der Waals surface area contributed by atoms with Crippen LogP contribution in [0.2, 0.25) is 0 Å². The molecule has 0 heterocycles. The third-order valence-corrected chi connectivity index (χ3v) is 2.86. The Morgan fingerprint density at radius 2 is 2.00 bits per heavy atom. The van der Waals surface area contributed by atoms with Crippen LogP contribution in [0.4, 0.5) is 0 Å². The molecular formula is C15H25NO3. The van der Waals surface area contributed by atoms with Gasteiger partial charge < -0.3 is 19.9 Å². The van der Waals surface area contributed by atoms with Crippen molar-refractivity contribution in [3.63, 3.8) is 0 Å². The number of benzene rings is 1. The van der Waals surface area contributed by atoms with E-state index in [0.717, 1.165) is 30.8 Å². The van der Waals surface area contributed by atoms with Crippen LogP contribution in [0.15, 0.2) is 24.3 Å². The van der Waals surface area contributed by atoms with E-state index in [0.29, 0.717) is 19.8 Å². The van der Waals surface area contributed by atoms with Crippen molar-refractivity contribution in [1.29, 1.82) is 0 Å². The van der Waals surface area contributed by atoms with Crippen LogP contribution in [-0.4, -0.2) is 33.5 Å². The molecule has 108 valence electrons. The summed E-state index contributed by atoms with van der Waals surface area (Å²) in [4.78, 5) is 0. The van der Waals surface area contributed by atoms with Crippen molar-refractivity contribution in [3.8, 4) is 5.75 Å². The molecule has 1 aromatic rings. The molecule has 2 N–H and O–H groups in total. The molecule has 0 radical (unpaired) electrons. The SMILES string of the molecule is CCC(N)c1cccc(OCCOCCCOC)c1. The Morgan fingerprint density at radius 3 is 2.74 bits per heavy atom. The molecule has 1 rings (SSSR count). The average molecular weight is 267 g/mol. The van der Waals surface area contributed by atoms with Crippen molar-refractivity contribution in [1.82, 2.24) is 0 Å². The van der Waals surface area contributed by atoms with Crippen LogP contribution in [0, 0.1) is 0 Å². The van der Waals surface area contributed by atoms with E-state index >= 15 is 0 Å². The summed E-state index contributed by atoms with van der Waals surface area (Å²) in [5, 5.41) is 0. The van der Waals surface area contributed by atoms with E-state index in [4.69, 9.17) is 19.9 Å². The fraction of sp³-hybridized carbons (Fsp3) is 0.600. The molecule has 19 heavy (non-hydrogen) atoms. The van der Waals surface area contributed by atoms with Crippen LogP contribution in [0.3, 0.4) is 0 Å². The molecule has 0 aromatic heterocycles. The molecule has 0 saturated carbocycles. The first-order valence-corrected chi connectivity index (χ1v) is 6.83. The van der Waals surface area contributed by atoms with Gasteiger partial charge in [-0.25, -0.2) is 0 Å². The summed E-state index contributed by atoms with van der Waals surface area (Å²) in [7, 11) is 1.69. The van der Waals surface area contributed by atoms with Crippen LogP contribution < -0.4 is 10.5 Å². The van der Waals surface area contributed by atoms with Crippen molar-refractivity contribution >= 4 is 0 Å². The van der Waals surface area contributed by atoms with E-state index in [1.807, 2.05) is 24.3 Å². The second kappa shape index (κ2) is 9.78. The number of ether oxygens (including phenoxy) is 3. The number of methoxy groups -OCH3 is 1. The minimum Gasteiger partial charge on any atom is -0.491 e. The molecule has 4 nitrogen and oxygen atoms in total. The highest BCUT2D eigenvalue weighted by Gasteiger charge is 2.04. The fourth-order valence-electron chi connectivity index (χ4n) is 1.70. The van der Waals surface area contributed by atoms with Gasteiger partial charge in [-0.1, -0.05) is 19.1 Å². The summed E-state index contributed by atoms with van der Waals surface area (Å²) < 4.78 is 16.0. The van der Waals surface area contributed by atoms with Gasteiger partial charge in [0.15, 0.2) is 0 Å². The Bertz CT molecular complexity index is 344. The van der Waals surface area contributed by atoms with Crippen molar-refractivity contribution in [3.05, 3.63) is 29.8 Å². The minimum absolute atomic E-state index is 0.0776. The summed E-state index contributed by atoms with van der Waals surface area (Å²) in [6.07, 6.45) is 1.84. The summed E-state index contributed by atoms with van der Waals surface area (Å²) in [5.74, 6) is 0.849. The molecule has 0 aliphatic carbocycles. The molecular weight excluding hydrogens is 242 g/mol. The van der Waals surface area contributed by atoms with Crippen LogP contribution in [0.5, 0.6) is 5.75 Å². The van der Waals surface area contributed by atoms with Crippen molar-refractivity contribution in [2.45, 2.75) is 25.8 Å². The fourth-order valence-corrected chi connectivity index (χ4v) is 1.70. The van der Waals surface area contributed by atoms with Gasteiger partial charge in [-0.3, -0.25) is 0 Å². The third-order valence-electron chi connectivity index (χ3n) is 2.86. The minimum atomic E-state index is 0.0776. The van der Waals surface area contributed by atoms with E-state index in [1.165, 1.54) is 0 Å². The van der Waals surface area contributed by atoms with Crippen LogP contribution in [0.1, 0.15) is 31.4 Å². The molecule has 1 aromatic carbocycles. The standard InChI is InChI=1S/C15H25NO3/c1-3-15(16)13-6-4-7-14(12-13)19-11-10-18-9-5-8-17-2/h4,6-7,12,15H,3,5,8-11,16H2,1-2H3. The van der Waals surface area contributed by atoms with Gasteiger partial charge >= 0.3 is 0 Å². The van der Waals surface area contributed by atoms with Gasteiger partial charge in [-0.05, 0) is 30.5 Å². The molecule has 0 fully saturated rings. The molecule has 0 amide bonds. The van der Waals surface area contributed by atoms with E-state index in [2.05, 4.69) is 6.92 Å². The third kappa shape index (κ3) is 6.57. The lowest BCUT2D eigenvalue weighted by atomic mass is 10.1. The maximum absolute atomic E-state index is 5.99. The predicted octanol–water partition coefficient (Wildman–Crippen LogP) is 2.53. The maximum atomic E-state index is 5.99. The zero-order chi connectivity index (χ0) is 13.9. The molecule has 4 heteroatoms. The molecule has 1 unspecified atom stereocenters. The second-order valence-corrected chi connectivity index (χ2v) is 4.39. The van der Waals surface area contributed by atoms with E-state index in [9.17, 15) is 0 Å². The lowest BCUT2D eigenvalue weighted by molar-refractivity contribution is 0.0806. The number of nitrogens with two attached hydrogens (primary N) is 1. The van der Waals surface area contributed by atoms with Crippen LogP contribution in [0.25, 0.3) is 0 Å². The van der Waals surface area contributed by atoms with E-state index < -0.39 is 0 Å². The number of hydrogen-bond acceptors (Lipinski definition) is 4. The van der Waals surface area contributed by atoms with Gasteiger partial charge in [0.25, 0.3) is 0 Å². The van der Waals surface area contributed by atoms with Gasteiger partial charge in [0.2, 0.25) is 0 Å². The van der Waals surface area contributed by atoms with Gasteiger partial charge in [-0.2, -0.15) is 0 Å². The molecule has 0 aliphatic rings. The maximum Gasteiger partial charge on any atom is 0.119 e. The average Bonchev–Trinajstić information content (AvgIpc) is 2.46. The smallest absolute Gasteiger partial charge is 0.119 e. The Kier molecular flexibility index (Phi) is 8.21. The lowest BCUT2D eigenvalue weighted by Crippen LogP contribution is -2.10. The van der Waals surface area contributed by atoms with Crippen LogP contribution >= 0.6 is 0 Å². The Hall–Kier alpha value is -1.10. The molecule has 0 spiro atoms. The highest BCUT2D eigenvalue weighted by Crippen LogP contribution is 2.19. The lowest BCUT2D eigenvalue weighted by Gasteiger charge is -2.12. The quantitative estimate of drug-likeness (QED) is 0.662. The monoisotopic (exact) mass is 267 g/mol. The van der Waals surface area contributed by atoms with Crippen molar-refractivity contribution in [2.24, 2.45) is 5.73 Å². The van der Waals surface area contributed by atoms with E-state index in [-0.39, 0.29) is 6.04 Å². The van der Waals surface area contributed by atoms with Gasteiger partial charge in [0, 0.05) is 26.4 Å². The molecule has 0 aliphatic heterocycles. The highest BCUT2D eigenvalue weighted by atomic mass is 16.5. The summed E-state index contributed by atoms with van der Waals surface area (Å²) in [6.45, 7) is 4.66. The van der Waals surface area contributed by atoms with Crippen LogP contribution in [-0.2, 0) is 9.47 Å². The molecule has 0 bridgehead atoms. The Labute approximate surface area is 115 Å². The normalized spacial score (nSPS) is 12.4. The van der Waals surface area contributed by atoms with E-state index in [1.54, 1.807) is 7.11 Å². The summed E-state index contributed by atoms with van der Waals surface area (Å²) in [6, 6.07) is 8.02. The van der Waals surface area contributed by atoms with Gasteiger partial charge in [0.05, 0.1) is 6.61 Å². The van der Waals surface area contributed by atoms with Gasteiger partial charge in [-0.15, -0.1) is 0 Å². The number of rotatable bonds is 10. The van der Waals surface area contributed by atoms with Crippen molar-refractivity contribution < 1.29 is 14.2 Å². The summed E-state index contributed by atoms with van der Waals surface area (Å²) >= 11 is 0. The van der Waals surface area contributed by atoms with Gasteiger partial charge in [0.1, 0.15) is 12.4 Å². The second-order valence-electron chi connectivity index (χ2n) is 4.39. The molecule has 1 atom stereocenters. The zero-order valence-electron chi connectivity index (χ0n) is 11.9. The first kappa shape index (κ1) is 16.0. The topological polar surface area (TPSA) is 53.7 Å². The molecule has 0 saturated heterocycles. The predicted molar refractivity (Wildman–Crippen MR) is 76.5 cm³/mol. The first-order chi connectivity index (χ1) is 9.27. The largest absolute Gasteiger partial charge is 0.491 e. The summed E-state index contributed by atoms with van der Waals surface area (Å²) in [5.41, 5.74) is 7.11. The highest BCUT2D eigenvalue weighted by molar-refractivity contribution is 5.30. The van der Waals surface area contributed by atoms with Crippen molar-refractivity contribution in [2.75, 3.05) is 33.5 Å². The Balaban J connectivity index is 2.22.